The number of carbonyl (C=O) groups excluding carboxylic acids is 1. The van der Waals surface area contributed by atoms with E-state index in [1.807, 2.05) is 39.0 Å². The van der Waals surface area contributed by atoms with Crippen molar-refractivity contribution in [2.45, 2.75) is 53.1 Å². The van der Waals surface area contributed by atoms with E-state index in [1.54, 1.807) is 6.92 Å². The molecule has 0 fully saturated rings. The van der Waals surface area contributed by atoms with E-state index in [-0.39, 0.29) is 17.9 Å². The van der Waals surface area contributed by atoms with E-state index in [1.165, 1.54) is 5.56 Å². The highest BCUT2D eigenvalue weighted by Gasteiger charge is 2.29. The second kappa shape index (κ2) is 9.43. The van der Waals surface area contributed by atoms with Gasteiger partial charge in [0.1, 0.15) is 11.3 Å². The van der Waals surface area contributed by atoms with E-state index in [4.69, 9.17) is 13.9 Å². The maximum atomic E-state index is 12.5. The van der Waals surface area contributed by atoms with Gasteiger partial charge in [-0.1, -0.05) is 44.2 Å². The van der Waals surface area contributed by atoms with E-state index >= 15 is 0 Å². The molecule has 0 unspecified atom stereocenters. The molecular formula is C21H29NO4. The summed E-state index contributed by atoms with van der Waals surface area (Å²) in [6, 6.07) is 10.4. The minimum atomic E-state index is -0.397. The number of carbonyl (C=O) groups is 1. The van der Waals surface area contributed by atoms with Crippen LogP contribution in [0, 0.1) is 0 Å². The largest absolute Gasteiger partial charge is 0.465 e. The molecule has 0 bridgehead atoms. The summed E-state index contributed by atoms with van der Waals surface area (Å²) in [5, 5.41) is 3.46. The van der Waals surface area contributed by atoms with Crippen molar-refractivity contribution in [3.05, 3.63) is 52.8 Å². The van der Waals surface area contributed by atoms with Gasteiger partial charge in [0.05, 0.1) is 19.8 Å². The molecule has 0 radical (unpaired) electrons. The van der Waals surface area contributed by atoms with Crippen molar-refractivity contribution in [1.29, 1.82) is 0 Å². The molecule has 0 aliphatic heterocycles. The number of benzene rings is 1. The van der Waals surface area contributed by atoms with E-state index < -0.39 is 5.97 Å². The predicted molar refractivity (Wildman–Crippen MR) is 102 cm³/mol. The number of furan rings is 1. The van der Waals surface area contributed by atoms with Gasteiger partial charge < -0.3 is 19.2 Å². The number of rotatable bonds is 9. The van der Waals surface area contributed by atoms with Crippen LogP contribution >= 0.6 is 0 Å². The van der Waals surface area contributed by atoms with Crippen LogP contribution in [0.3, 0.4) is 0 Å². The summed E-state index contributed by atoms with van der Waals surface area (Å²) in [5.41, 5.74) is 2.45. The van der Waals surface area contributed by atoms with Gasteiger partial charge in [-0.3, -0.25) is 0 Å². The Morgan fingerprint density at radius 1 is 1.12 bits per heavy atom. The van der Waals surface area contributed by atoms with Gasteiger partial charge in [-0.15, -0.1) is 0 Å². The smallest absolute Gasteiger partial charge is 0.345 e. The molecule has 5 heteroatoms. The van der Waals surface area contributed by atoms with Crippen LogP contribution in [0.25, 0.3) is 0 Å². The van der Waals surface area contributed by atoms with Crippen molar-refractivity contribution in [3.63, 3.8) is 0 Å². The molecule has 142 valence electrons. The summed E-state index contributed by atoms with van der Waals surface area (Å²) in [4.78, 5) is 12.5. The van der Waals surface area contributed by atoms with Crippen LogP contribution in [0.5, 0.6) is 5.95 Å². The molecular weight excluding hydrogens is 330 g/mol. The zero-order valence-electron chi connectivity index (χ0n) is 16.3. The fourth-order valence-corrected chi connectivity index (χ4v) is 2.94. The topological polar surface area (TPSA) is 60.7 Å². The summed E-state index contributed by atoms with van der Waals surface area (Å²) in [6.07, 6.45) is 0. The SMILES string of the molecule is CCOC(=O)c1c(OCC)oc(CN[C@H](C)c2ccccc2)c1C(C)C. The van der Waals surface area contributed by atoms with Crippen LogP contribution in [0.4, 0.5) is 0 Å². The van der Waals surface area contributed by atoms with Crippen molar-refractivity contribution >= 4 is 5.97 Å². The van der Waals surface area contributed by atoms with Crippen LogP contribution in [-0.4, -0.2) is 19.2 Å². The molecule has 0 spiro atoms. The Morgan fingerprint density at radius 2 is 1.81 bits per heavy atom. The Labute approximate surface area is 155 Å². The molecule has 26 heavy (non-hydrogen) atoms. The number of nitrogens with one attached hydrogen (secondary N) is 1. The first-order valence-corrected chi connectivity index (χ1v) is 9.23. The lowest BCUT2D eigenvalue weighted by molar-refractivity contribution is 0.0517. The van der Waals surface area contributed by atoms with Crippen LogP contribution in [0.15, 0.2) is 34.7 Å². The first-order valence-electron chi connectivity index (χ1n) is 9.23. The Morgan fingerprint density at radius 3 is 2.38 bits per heavy atom. The quantitative estimate of drug-likeness (QED) is 0.650. The number of hydrogen-bond donors (Lipinski definition) is 1. The van der Waals surface area contributed by atoms with Gasteiger partial charge in [-0.25, -0.2) is 4.79 Å². The maximum absolute atomic E-state index is 12.5. The Bertz CT molecular complexity index is 706. The number of esters is 1. The summed E-state index contributed by atoms with van der Waals surface area (Å²) in [5.74, 6) is 0.676. The van der Waals surface area contributed by atoms with Crippen molar-refractivity contribution < 1.29 is 18.7 Å². The Balaban J connectivity index is 2.29. The highest BCUT2D eigenvalue weighted by molar-refractivity contribution is 5.94. The third-order valence-electron chi connectivity index (χ3n) is 4.19. The summed E-state index contributed by atoms with van der Waals surface area (Å²) < 4.78 is 16.7. The first kappa shape index (κ1) is 20.0. The average Bonchev–Trinajstić information content (AvgIpc) is 2.99. The van der Waals surface area contributed by atoms with Crippen LogP contribution < -0.4 is 10.1 Å². The number of ether oxygens (including phenoxy) is 2. The molecule has 1 atom stereocenters. The van der Waals surface area contributed by atoms with Crippen LogP contribution in [0.1, 0.15) is 73.8 Å². The van der Waals surface area contributed by atoms with Crippen molar-refractivity contribution in [3.8, 4) is 5.95 Å². The van der Waals surface area contributed by atoms with Crippen molar-refractivity contribution in [2.75, 3.05) is 13.2 Å². The third kappa shape index (κ3) is 4.67. The minimum absolute atomic E-state index is 0.108. The molecule has 0 aliphatic carbocycles. The first-order chi connectivity index (χ1) is 12.5. The molecule has 0 aliphatic rings. The standard InChI is InChI=1S/C21H29NO4/c1-6-24-20(23)19-18(14(3)4)17(26-21(19)25-7-2)13-22-15(5)16-11-9-8-10-12-16/h8-12,14-15,22H,6-7,13H2,1-5H3/t15-/m1/s1. The third-order valence-corrected chi connectivity index (χ3v) is 4.19. The molecule has 0 amide bonds. The zero-order chi connectivity index (χ0) is 19.1. The fraction of sp³-hybridized carbons (Fsp3) is 0.476. The van der Waals surface area contributed by atoms with Gasteiger partial charge in [0.15, 0.2) is 0 Å². The molecule has 5 nitrogen and oxygen atoms in total. The normalized spacial score (nSPS) is 12.2. The minimum Gasteiger partial charge on any atom is -0.465 e. The highest BCUT2D eigenvalue weighted by Crippen LogP contribution is 2.35. The average molecular weight is 359 g/mol. The lowest BCUT2D eigenvalue weighted by Gasteiger charge is -2.14. The van der Waals surface area contributed by atoms with Crippen molar-refractivity contribution in [2.24, 2.45) is 0 Å². The second-order valence-corrected chi connectivity index (χ2v) is 6.42. The summed E-state index contributed by atoms with van der Waals surface area (Å²) in [7, 11) is 0. The fourth-order valence-electron chi connectivity index (χ4n) is 2.94. The summed E-state index contributed by atoms with van der Waals surface area (Å²) in [6.45, 7) is 11.1. The molecule has 2 rings (SSSR count). The van der Waals surface area contributed by atoms with Gasteiger partial charge in [-0.2, -0.15) is 0 Å². The van der Waals surface area contributed by atoms with Crippen molar-refractivity contribution in [1.82, 2.24) is 5.32 Å². The Hall–Kier alpha value is -2.27. The molecule has 1 N–H and O–H groups in total. The molecule has 0 saturated heterocycles. The van der Waals surface area contributed by atoms with Gasteiger partial charge in [0, 0.05) is 11.6 Å². The van der Waals surface area contributed by atoms with E-state index in [9.17, 15) is 4.79 Å². The van der Waals surface area contributed by atoms with Gasteiger partial charge in [-0.05, 0) is 32.3 Å². The molecule has 0 saturated carbocycles. The molecule has 1 aromatic heterocycles. The van der Waals surface area contributed by atoms with Gasteiger partial charge in [0.25, 0.3) is 5.95 Å². The second-order valence-electron chi connectivity index (χ2n) is 6.42. The summed E-state index contributed by atoms with van der Waals surface area (Å²) >= 11 is 0. The van der Waals surface area contributed by atoms with Crippen LogP contribution in [0.2, 0.25) is 0 Å². The van der Waals surface area contributed by atoms with E-state index in [0.717, 1.165) is 5.56 Å². The lowest BCUT2D eigenvalue weighted by atomic mass is 9.98. The van der Waals surface area contributed by atoms with Gasteiger partial charge >= 0.3 is 5.97 Å². The van der Waals surface area contributed by atoms with Crippen LogP contribution in [-0.2, 0) is 11.3 Å². The monoisotopic (exact) mass is 359 g/mol. The van der Waals surface area contributed by atoms with Gasteiger partial charge in [0.2, 0.25) is 0 Å². The molecule has 1 heterocycles. The van der Waals surface area contributed by atoms with E-state index in [2.05, 4.69) is 24.4 Å². The molecule has 1 aromatic carbocycles. The number of hydrogen-bond acceptors (Lipinski definition) is 5. The Kier molecular flexibility index (Phi) is 7.27. The lowest BCUT2D eigenvalue weighted by Crippen LogP contribution is -2.19. The zero-order valence-corrected chi connectivity index (χ0v) is 16.3. The van der Waals surface area contributed by atoms with E-state index in [0.29, 0.717) is 31.1 Å². The predicted octanol–water partition coefficient (Wildman–Crippen LogP) is 4.83. The highest BCUT2D eigenvalue weighted by atomic mass is 16.6. The molecule has 2 aromatic rings. The maximum Gasteiger partial charge on any atom is 0.345 e.